The minimum absolute atomic E-state index is 0.125. The van der Waals surface area contributed by atoms with E-state index in [1.807, 2.05) is 12.5 Å². The summed E-state index contributed by atoms with van der Waals surface area (Å²) in [6.07, 6.45) is 8.26. The molecule has 2 heterocycles. The maximum absolute atomic E-state index is 10.8. The lowest BCUT2D eigenvalue weighted by atomic mass is 9.97. The first-order valence-electron chi connectivity index (χ1n) is 6.16. The summed E-state index contributed by atoms with van der Waals surface area (Å²) in [5.41, 5.74) is 0. The Hall–Kier alpha value is -1.36. The van der Waals surface area contributed by atoms with Gasteiger partial charge in [-0.05, 0) is 38.9 Å². The molecule has 1 aromatic rings. The number of rotatable bonds is 5. The summed E-state index contributed by atoms with van der Waals surface area (Å²) < 4.78 is 2.07. The number of likely N-dealkylation sites (tertiary alicyclic amines) is 1. The smallest absolute Gasteiger partial charge is 0.306 e. The predicted molar refractivity (Wildman–Crippen MR) is 63.6 cm³/mol. The van der Waals surface area contributed by atoms with E-state index >= 15 is 0 Å². The molecule has 0 amide bonds. The van der Waals surface area contributed by atoms with Crippen molar-refractivity contribution in [1.82, 2.24) is 14.5 Å². The number of piperidine rings is 1. The molecule has 0 radical (unpaired) electrons. The van der Waals surface area contributed by atoms with Crippen LogP contribution in [0.4, 0.5) is 0 Å². The zero-order chi connectivity index (χ0) is 12.1. The van der Waals surface area contributed by atoms with Gasteiger partial charge in [-0.3, -0.25) is 4.79 Å². The Morgan fingerprint density at radius 2 is 2.12 bits per heavy atom. The van der Waals surface area contributed by atoms with Crippen LogP contribution in [0, 0.1) is 5.92 Å². The van der Waals surface area contributed by atoms with Crippen molar-refractivity contribution >= 4 is 5.97 Å². The second kappa shape index (κ2) is 5.82. The van der Waals surface area contributed by atoms with Crippen LogP contribution in [0.3, 0.4) is 0 Å². The normalized spacial score (nSPS) is 18.4. The van der Waals surface area contributed by atoms with Crippen LogP contribution in [0.1, 0.15) is 19.3 Å². The van der Waals surface area contributed by atoms with E-state index in [2.05, 4.69) is 14.5 Å². The van der Waals surface area contributed by atoms with Gasteiger partial charge in [0, 0.05) is 18.9 Å². The van der Waals surface area contributed by atoms with Crippen LogP contribution in [0.5, 0.6) is 0 Å². The van der Waals surface area contributed by atoms with Crippen LogP contribution >= 0.6 is 0 Å². The van der Waals surface area contributed by atoms with E-state index in [1.165, 1.54) is 0 Å². The first-order valence-corrected chi connectivity index (χ1v) is 6.16. The predicted octanol–water partition coefficient (Wildman–Crippen LogP) is 1.07. The average Bonchev–Trinajstić information content (AvgIpc) is 2.83. The number of hydrogen-bond donors (Lipinski definition) is 1. The first kappa shape index (κ1) is 12.1. The Balaban J connectivity index is 1.63. The fourth-order valence-corrected chi connectivity index (χ4v) is 2.30. The summed E-state index contributed by atoms with van der Waals surface area (Å²) in [4.78, 5) is 17.2. The van der Waals surface area contributed by atoms with Crippen molar-refractivity contribution in [2.45, 2.75) is 25.8 Å². The maximum Gasteiger partial charge on any atom is 0.306 e. The van der Waals surface area contributed by atoms with Crippen LogP contribution in [0.25, 0.3) is 0 Å². The van der Waals surface area contributed by atoms with Gasteiger partial charge in [-0.15, -0.1) is 0 Å². The molecule has 0 aromatic carbocycles. The summed E-state index contributed by atoms with van der Waals surface area (Å²) in [5.74, 6) is -0.761. The molecule has 1 aromatic heterocycles. The van der Waals surface area contributed by atoms with Gasteiger partial charge >= 0.3 is 5.97 Å². The molecular weight excluding hydrogens is 218 g/mol. The summed E-state index contributed by atoms with van der Waals surface area (Å²) in [7, 11) is 0. The lowest BCUT2D eigenvalue weighted by molar-refractivity contribution is -0.143. The minimum Gasteiger partial charge on any atom is -0.481 e. The van der Waals surface area contributed by atoms with Crippen molar-refractivity contribution < 1.29 is 9.90 Å². The standard InChI is InChI=1S/C12H19N3O2/c16-12(17)11-2-7-14(8-3-11)5-1-6-15-9-4-13-10-15/h4,9-11H,1-3,5-8H2,(H,16,17). The number of nitrogens with zero attached hydrogens (tertiary/aromatic N) is 3. The molecule has 1 aliphatic rings. The van der Waals surface area contributed by atoms with Crippen LogP contribution in [0.2, 0.25) is 0 Å². The van der Waals surface area contributed by atoms with Gasteiger partial charge in [0.25, 0.3) is 0 Å². The van der Waals surface area contributed by atoms with Crippen molar-refractivity contribution in [3.8, 4) is 0 Å². The number of aromatic nitrogens is 2. The van der Waals surface area contributed by atoms with Gasteiger partial charge in [-0.1, -0.05) is 0 Å². The Bertz CT molecular complexity index is 343. The molecule has 1 fully saturated rings. The summed E-state index contributed by atoms with van der Waals surface area (Å²) in [6, 6.07) is 0. The van der Waals surface area contributed by atoms with Crippen molar-refractivity contribution in [1.29, 1.82) is 0 Å². The topological polar surface area (TPSA) is 58.4 Å². The van der Waals surface area contributed by atoms with Gasteiger partial charge in [0.05, 0.1) is 12.2 Å². The molecule has 1 N–H and O–H groups in total. The quantitative estimate of drug-likeness (QED) is 0.832. The van der Waals surface area contributed by atoms with E-state index in [9.17, 15) is 4.79 Å². The Morgan fingerprint density at radius 3 is 2.71 bits per heavy atom. The summed E-state index contributed by atoms with van der Waals surface area (Å²) in [5, 5.41) is 8.90. The van der Waals surface area contributed by atoms with Gasteiger partial charge in [0.15, 0.2) is 0 Å². The van der Waals surface area contributed by atoms with Crippen molar-refractivity contribution in [3.05, 3.63) is 18.7 Å². The minimum atomic E-state index is -0.636. The van der Waals surface area contributed by atoms with E-state index in [0.717, 1.165) is 45.4 Å². The molecule has 0 unspecified atom stereocenters. The van der Waals surface area contributed by atoms with Crippen LogP contribution in [-0.2, 0) is 11.3 Å². The number of imidazole rings is 1. The van der Waals surface area contributed by atoms with Crippen LogP contribution < -0.4 is 0 Å². The van der Waals surface area contributed by atoms with Crippen molar-refractivity contribution in [2.75, 3.05) is 19.6 Å². The Morgan fingerprint density at radius 1 is 1.35 bits per heavy atom. The summed E-state index contributed by atoms with van der Waals surface area (Å²) in [6.45, 7) is 3.87. The largest absolute Gasteiger partial charge is 0.481 e. The van der Waals surface area contributed by atoms with Gasteiger partial charge in [0.2, 0.25) is 0 Å². The highest BCUT2D eigenvalue weighted by Crippen LogP contribution is 2.17. The van der Waals surface area contributed by atoms with Crippen LogP contribution in [-0.4, -0.2) is 45.2 Å². The molecule has 0 atom stereocenters. The third-order valence-corrected chi connectivity index (χ3v) is 3.39. The first-order chi connectivity index (χ1) is 8.25. The van der Waals surface area contributed by atoms with Gasteiger partial charge in [-0.2, -0.15) is 0 Å². The van der Waals surface area contributed by atoms with Gasteiger partial charge in [-0.25, -0.2) is 4.98 Å². The molecule has 2 rings (SSSR count). The molecule has 0 saturated carbocycles. The Labute approximate surface area is 101 Å². The molecule has 17 heavy (non-hydrogen) atoms. The SMILES string of the molecule is O=C(O)C1CCN(CCCn2ccnc2)CC1. The lowest BCUT2D eigenvalue weighted by Crippen LogP contribution is -2.37. The van der Waals surface area contributed by atoms with E-state index in [0.29, 0.717) is 0 Å². The number of aryl methyl sites for hydroxylation is 1. The van der Waals surface area contributed by atoms with Crippen molar-refractivity contribution in [3.63, 3.8) is 0 Å². The monoisotopic (exact) mass is 237 g/mol. The molecule has 0 spiro atoms. The average molecular weight is 237 g/mol. The fourth-order valence-electron chi connectivity index (χ4n) is 2.30. The van der Waals surface area contributed by atoms with Gasteiger partial charge < -0.3 is 14.6 Å². The number of hydrogen-bond acceptors (Lipinski definition) is 3. The molecule has 0 bridgehead atoms. The zero-order valence-electron chi connectivity index (χ0n) is 9.96. The third-order valence-electron chi connectivity index (χ3n) is 3.39. The second-order valence-electron chi connectivity index (χ2n) is 4.61. The van der Waals surface area contributed by atoms with E-state index in [1.54, 1.807) is 6.20 Å². The molecule has 0 aliphatic carbocycles. The summed E-state index contributed by atoms with van der Waals surface area (Å²) >= 11 is 0. The van der Waals surface area contributed by atoms with Crippen molar-refractivity contribution in [2.24, 2.45) is 5.92 Å². The second-order valence-corrected chi connectivity index (χ2v) is 4.61. The van der Waals surface area contributed by atoms with E-state index in [-0.39, 0.29) is 5.92 Å². The number of carboxylic acid groups (broad SMARTS) is 1. The molecular formula is C12H19N3O2. The number of carboxylic acids is 1. The van der Waals surface area contributed by atoms with Crippen LogP contribution in [0.15, 0.2) is 18.7 Å². The molecule has 5 nitrogen and oxygen atoms in total. The Kier molecular flexibility index (Phi) is 4.14. The number of carbonyl (C=O) groups is 1. The highest BCUT2D eigenvalue weighted by Gasteiger charge is 2.23. The highest BCUT2D eigenvalue weighted by molar-refractivity contribution is 5.70. The molecule has 1 aliphatic heterocycles. The van der Waals surface area contributed by atoms with Gasteiger partial charge in [0.1, 0.15) is 0 Å². The highest BCUT2D eigenvalue weighted by atomic mass is 16.4. The van der Waals surface area contributed by atoms with E-state index < -0.39 is 5.97 Å². The lowest BCUT2D eigenvalue weighted by Gasteiger charge is -2.29. The molecule has 1 saturated heterocycles. The third kappa shape index (κ3) is 3.56. The fraction of sp³-hybridized carbons (Fsp3) is 0.667. The zero-order valence-corrected chi connectivity index (χ0v) is 9.96. The maximum atomic E-state index is 10.8. The molecule has 94 valence electrons. The molecule has 5 heteroatoms. The van der Waals surface area contributed by atoms with E-state index in [4.69, 9.17) is 5.11 Å². The number of aliphatic carboxylic acids is 1.